The second-order valence-electron chi connectivity index (χ2n) is 15.3. The summed E-state index contributed by atoms with van der Waals surface area (Å²) in [6, 6.07) is 60.9. The standard InChI is InChI=1S/C50H39N/c1-49(2)43-24-14-12-21-38(43)39-27-26-34(31-45(39)49)51(33-17-6-5-7-18-33)46-29-28-37(36-20-10-11-22-40(36)46)42-30-32-16-8-9-19-35(32)48-47(42)41-23-13-15-25-44(41)50(48,3)4/h5-31H,1-4H3. The molecule has 0 bridgehead atoms. The third-order valence-electron chi connectivity index (χ3n) is 11.8. The van der Waals surface area contributed by atoms with Crippen molar-refractivity contribution in [3.05, 3.63) is 186 Å². The zero-order valence-electron chi connectivity index (χ0n) is 29.5. The Balaban J connectivity index is 1.22. The molecule has 0 atom stereocenters. The molecule has 0 saturated heterocycles. The van der Waals surface area contributed by atoms with Crippen LogP contribution < -0.4 is 4.90 Å². The maximum Gasteiger partial charge on any atom is 0.0540 e. The van der Waals surface area contributed by atoms with Gasteiger partial charge in [0.25, 0.3) is 0 Å². The van der Waals surface area contributed by atoms with Crippen LogP contribution in [0.1, 0.15) is 49.9 Å². The Bertz CT molecular complexity index is 2690. The first-order chi connectivity index (χ1) is 24.8. The van der Waals surface area contributed by atoms with Crippen molar-refractivity contribution in [3.8, 4) is 33.4 Å². The van der Waals surface area contributed by atoms with E-state index in [1.807, 2.05) is 0 Å². The number of fused-ring (bicyclic) bond motifs is 9. The fourth-order valence-electron chi connectivity index (χ4n) is 9.42. The SMILES string of the molecule is CC1(C)c2ccccc2-c2ccc(N(c3ccccc3)c3ccc(-c4cc5ccccc5c5c4-c4ccccc4C5(C)C)c4ccccc34)cc21. The highest BCUT2D eigenvalue weighted by molar-refractivity contribution is 6.12. The van der Waals surface area contributed by atoms with Gasteiger partial charge in [0, 0.05) is 27.6 Å². The zero-order chi connectivity index (χ0) is 34.5. The Morgan fingerprint density at radius 2 is 0.961 bits per heavy atom. The van der Waals surface area contributed by atoms with Crippen LogP contribution in [0.15, 0.2) is 164 Å². The topological polar surface area (TPSA) is 3.24 Å². The highest BCUT2D eigenvalue weighted by atomic mass is 15.1. The summed E-state index contributed by atoms with van der Waals surface area (Å²) in [6.45, 7) is 9.51. The molecular formula is C50H39N. The first-order valence-corrected chi connectivity index (χ1v) is 18.1. The van der Waals surface area contributed by atoms with Crippen LogP contribution in [0, 0.1) is 0 Å². The molecule has 1 nitrogen and oxygen atoms in total. The van der Waals surface area contributed by atoms with Crippen LogP contribution in [0.4, 0.5) is 17.1 Å². The molecule has 2 aliphatic rings. The van der Waals surface area contributed by atoms with Crippen LogP contribution in [-0.2, 0) is 10.8 Å². The van der Waals surface area contributed by atoms with Gasteiger partial charge in [-0.25, -0.2) is 0 Å². The highest BCUT2D eigenvalue weighted by Gasteiger charge is 2.39. The molecule has 0 radical (unpaired) electrons. The van der Waals surface area contributed by atoms with Crippen LogP contribution in [-0.4, -0.2) is 0 Å². The maximum atomic E-state index is 2.45. The summed E-state index contributed by atoms with van der Waals surface area (Å²) in [5.41, 5.74) is 16.8. The molecule has 51 heavy (non-hydrogen) atoms. The van der Waals surface area contributed by atoms with E-state index < -0.39 is 0 Å². The summed E-state index contributed by atoms with van der Waals surface area (Å²) in [4.78, 5) is 2.45. The van der Waals surface area contributed by atoms with Crippen molar-refractivity contribution in [2.24, 2.45) is 0 Å². The van der Waals surface area contributed by atoms with Gasteiger partial charge >= 0.3 is 0 Å². The molecule has 0 heterocycles. The molecule has 1 heteroatoms. The second kappa shape index (κ2) is 10.8. The van der Waals surface area contributed by atoms with Crippen molar-refractivity contribution in [1.82, 2.24) is 0 Å². The van der Waals surface area contributed by atoms with E-state index in [1.54, 1.807) is 0 Å². The van der Waals surface area contributed by atoms with Crippen LogP contribution in [0.25, 0.3) is 54.9 Å². The first kappa shape index (κ1) is 29.9. The van der Waals surface area contributed by atoms with Gasteiger partial charge in [0.15, 0.2) is 0 Å². The lowest BCUT2D eigenvalue weighted by Gasteiger charge is -2.29. The largest absolute Gasteiger partial charge is 0.310 e. The van der Waals surface area contributed by atoms with Crippen molar-refractivity contribution in [2.45, 2.75) is 38.5 Å². The molecule has 0 spiro atoms. The third kappa shape index (κ3) is 4.22. The number of nitrogens with zero attached hydrogens (tertiary/aromatic N) is 1. The van der Waals surface area contributed by atoms with Crippen molar-refractivity contribution in [2.75, 3.05) is 4.90 Å². The van der Waals surface area contributed by atoms with Gasteiger partial charge in [0.1, 0.15) is 0 Å². The Kier molecular flexibility index (Phi) is 6.34. The van der Waals surface area contributed by atoms with Crippen molar-refractivity contribution in [1.29, 1.82) is 0 Å². The smallest absolute Gasteiger partial charge is 0.0540 e. The molecule has 0 unspecified atom stereocenters. The minimum Gasteiger partial charge on any atom is -0.310 e. The summed E-state index contributed by atoms with van der Waals surface area (Å²) in [5, 5.41) is 5.11. The molecule has 8 aromatic carbocycles. The zero-order valence-corrected chi connectivity index (χ0v) is 29.5. The number of benzene rings is 8. The molecule has 0 N–H and O–H groups in total. The summed E-state index contributed by atoms with van der Waals surface area (Å²) >= 11 is 0. The van der Waals surface area contributed by atoms with Gasteiger partial charge in [-0.1, -0.05) is 155 Å². The minimum atomic E-state index is -0.109. The van der Waals surface area contributed by atoms with Crippen LogP contribution >= 0.6 is 0 Å². The normalized spacial score (nSPS) is 14.6. The molecular weight excluding hydrogens is 615 g/mol. The number of hydrogen-bond acceptors (Lipinski definition) is 1. The van der Waals surface area contributed by atoms with E-state index in [0.717, 1.165) is 5.69 Å². The number of para-hydroxylation sites is 1. The predicted molar refractivity (Wildman–Crippen MR) is 217 cm³/mol. The van der Waals surface area contributed by atoms with Crippen molar-refractivity contribution >= 4 is 38.6 Å². The van der Waals surface area contributed by atoms with E-state index in [4.69, 9.17) is 0 Å². The maximum absolute atomic E-state index is 2.45. The quantitative estimate of drug-likeness (QED) is 0.183. The lowest BCUT2D eigenvalue weighted by Crippen LogP contribution is -2.16. The van der Waals surface area contributed by atoms with Gasteiger partial charge in [-0.05, 0) is 108 Å². The predicted octanol–water partition coefficient (Wildman–Crippen LogP) is 13.7. The van der Waals surface area contributed by atoms with E-state index >= 15 is 0 Å². The Morgan fingerprint density at radius 1 is 0.373 bits per heavy atom. The minimum absolute atomic E-state index is 0.0866. The van der Waals surface area contributed by atoms with Crippen LogP contribution in [0.5, 0.6) is 0 Å². The molecule has 0 aromatic heterocycles. The van der Waals surface area contributed by atoms with Crippen LogP contribution in [0.3, 0.4) is 0 Å². The van der Waals surface area contributed by atoms with E-state index in [2.05, 4.69) is 196 Å². The fourth-order valence-corrected chi connectivity index (χ4v) is 9.42. The summed E-state index contributed by atoms with van der Waals surface area (Å²) in [6.07, 6.45) is 0. The number of rotatable bonds is 4. The molecule has 0 saturated carbocycles. The lowest BCUT2D eigenvalue weighted by atomic mass is 9.79. The average Bonchev–Trinajstić information content (AvgIpc) is 3.55. The van der Waals surface area contributed by atoms with E-state index in [1.165, 1.54) is 88.6 Å². The second-order valence-corrected chi connectivity index (χ2v) is 15.3. The van der Waals surface area contributed by atoms with Gasteiger partial charge in [-0.3, -0.25) is 0 Å². The van der Waals surface area contributed by atoms with Gasteiger partial charge < -0.3 is 4.90 Å². The third-order valence-corrected chi connectivity index (χ3v) is 11.8. The summed E-state index contributed by atoms with van der Waals surface area (Å²) in [7, 11) is 0. The van der Waals surface area contributed by atoms with E-state index in [9.17, 15) is 0 Å². The monoisotopic (exact) mass is 653 g/mol. The first-order valence-electron chi connectivity index (χ1n) is 18.1. The fraction of sp³-hybridized carbons (Fsp3) is 0.120. The summed E-state index contributed by atoms with van der Waals surface area (Å²) in [5.74, 6) is 0. The Hall–Kier alpha value is -5.92. The average molecular weight is 654 g/mol. The molecule has 8 aromatic rings. The summed E-state index contributed by atoms with van der Waals surface area (Å²) < 4.78 is 0. The molecule has 0 amide bonds. The molecule has 0 aliphatic heterocycles. The van der Waals surface area contributed by atoms with Crippen molar-refractivity contribution < 1.29 is 0 Å². The molecule has 244 valence electrons. The molecule has 0 fully saturated rings. The van der Waals surface area contributed by atoms with Gasteiger partial charge in [0.2, 0.25) is 0 Å². The lowest BCUT2D eigenvalue weighted by molar-refractivity contribution is 0.660. The van der Waals surface area contributed by atoms with E-state index in [0.29, 0.717) is 0 Å². The van der Waals surface area contributed by atoms with E-state index in [-0.39, 0.29) is 10.8 Å². The Labute approximate surface area is 300 Å². The Morgan fingerprint density at radius 3 is 1.75 bits per heavy atom. The van der Waals surface area contributed by atoms with Crippen LogP contribution in [0.2, 0.25) is 0 Å². The molecule has 10 rings (SSSR count). The number of anilines is 3. The molecule has 2 aliphatic carbocycles. The number of hydrogen-bond donors (Lipinski definition) is 0. The van der Waals surface area contributed by atoms with Gasteiger partial charge in [-0.2, -0.15) is 0 Å². The van der Waals surface area contributed by atoms with Gasteiger partial charge in [-0.15, -0.1) is 0 Å². The van der Waals surface area contributed by atoms with Crippen molar-refractivity contribution in [3.63, 3.8) is 0 Å². The highest BCUT2D eigenvalue weighted by Crippen LogP contribution is 2.56. The van der Waals surface area contributed by atoms with Gasteiger partial charge in [0.05, 0.1) is 5.69 Å².